The summed E-state index contributed by atoms with van der Waals surface area (Å²) in [5.74, 6) is -0.314. The van der Waals surface area contributed by atoms with E-state index in [9.17, 15) is 14.7 Å². The molecule has 0 saturated carbocycles. The summed E-state index contributed by atoms with van der Waals surface area (Å²) in [6.45, 7) is 8.51. The Morgan fingerprint density at radius 3 is 2.67 bits per heavy atom. The summed E-state index contributed by atoms with van der Waals surface area (Å²) in [4.78, 5) is 35.5. The largest absolute Gasteiger partial charge is 0.507 e. The molecule has 0 spiro atoms. The minimum absolute atomic E-state index is 0.0677. The predicted molar refractivity (Wildman–Crippen MR) is 136 cm³/mol. The van der Waals surface area contributed by atoms with Crippen molar-refractivity contribution in [3.05, 3.63) is 82.8 Å². The number of hydrogen-bond donors (Lipinski definition) is 2. The second-order valence-corrected chi connectivity index (χ2v) is 9.45. The molecular formula is C28H27N3O5. The summed E-state index contributed by atoms with van der Waals surface area (Å²) in [6, 6.07) is 13.2. The highest BCUT2D eigenvalue weighted by Crippen LogP contribution is 2.42. The van der Waals surface area contributed by atoms with Crippen LogP contribution in [0.4, 0.5) is 5.95 Å². The number of aryl methyl sites for hydroxylation is 2. The molecule has 1 aliphatic heterocycles. The van der Waals surface area contributed by atoms with E-state index in [0.717, 1.165) is 16.6 Å². The highest BCUT2D eigenvalue weighted by Gasteiger charge is 2.49. The van der Waals surface area contributed by atoms with E-state index in [1.807, 2.05) is 32.0 Å². The number of H-pyrrole nitrogens is 1. The fourth-order valence-corrected chi connectivity index (χ4v) is 4.36. The summed E-state index contributed by atoms with van der Waals surface area (Å²) >= 11 is 0. The molecule has 0 radical (unpaired) electrons. The molecular weight excluding hydrogens is 458 g/mol. The monoisotopic (exact) mass is 485 g/mol. The van der Waals surface area contributed by atoms with Gasteiger partial charge in [-0.15, -0.1) is 0 Å². The number of benzene rings is 2. The molecule has 1 unspecified atom stereocenters. The van der Waals surface area contributed by atoms with Gasteiger partial charge in [0.1, 0.15) is 23.3 Å². The molecule has 8 nitrogen and oxygen atoms in total. The summed E-state index contributed by atoms with van der Waals surface area (Å²) in [5.41, 5.74) is 3.55. The molecule has 5 rings (SSSR count). The molecule has 4 aromatic rings. The van der Waals surface area contributed by atoms with E-state index in [0.29, 0.717) is 35.1 Å². The zero-order valence-corrected chi connectivity index (χ0v) is 20.5. The normalized spacial score (nSPS) is 17.5. The topological polar surface area (TPSA) is 109 Å². The van der Waals surface area contributed by atoms with Gasteiger partial charge in [-0.25, -0.2) is 4.98 Å². The van der Waals surface area contributed by atoms with Crippen molar-refractivity contribution in [2.75, 3.05) is 11.5 Å². The van der Waals surface area contributed by atoms with Crippen molar-refractivity contribution < 1.29 is 23.8 Å². The first-order valence-corrected chi connectivity index (χ1v) is 11.8. The number of aromatic amines is 1. The number of anilines is 1. The molecule has 8 heteroatoms. The number of ether oxygens (including phenoxy) is 1. The van der Waals surface area contributed by atoms with Crippen LogP contribution < -0.4 is 9.64 Å². The Bertz CT molecular complexity index is 1500. The minimum Gasteiger partial charge on any atom is -0.507 e. The van der Waals surface area contributed by atoms with Gasteiger partial charge in [-0.1, -0.05) is 19.9 Å². The lowest BCUT2D eigenvalue weighted by Gasteiger charge is -2.20. The van der Waals surface area contributed by atoms with Crippen molar-refractivity contribution in [3.63, 3.8) is 0 Å². The first-order valence-electron chi connectivity index (χ1n) is 11.8. The van der Waals surface area contributed by atoms with E-state index in [2.05, 4.69) is 23.8 Å². The van der Waals surface area contributed by atoms with Crippen molar-refractivity contribution in [2.24, 2.45) is 5.92 Å². The van der Waals surface area contributed by atoms with Gasteiger partial charge < -0.3 is 19.2 Å². The second-order valence-electron chi connectivity index (χ2n) is 9.45. The number of nitrogens with one attached hydrogen (secondary N) is 1. The third-order valence-electron chi connectivity index (χ3n) is 6.13. The number of amides is 1. The minimum atomic E-state index is -0.987. The number of aliphatic hydroxyl groups is 1. The molecule has 1 amide bonds. The Balaban J connectivity index is 1.61. The summed E-state index contributed by atoms with van der Waals surface area (Å²) in [5, 5.41) is 11.3. The SMILES string of the molecule is Cc1ccc2nc(N3C(=O)C(=O)/C(=C(/O)c4ccc(OCC(C)C)c(C)c4)C3c3ccco3)[nH]c2c1. The van der Waals surface area contributed by atoms with Gasteiger partial charge in [0.2, 0.25) is 5.95 Å². The van der Waals surface area contributed by atoms with E-state index in [1.54, 1.807) is 30.3 Å². The third kappa shape index (κ3) is 4.04. The number of Topliss-reactive ketones (excluding diaryl/α,β-unsaturated/α-hetero) is 1. The summed E-state index contributed by atoms with van der Waals surface area (Å²) < 4.78 is 11.5. The number of imidazole rings is 1. The molecule has 2 N–H and O–H groups in total. The highest BCUT2D eigenvalue weighted by molar-refractivity contribution is 6.51. The van der Waals surface area contributed by atoms with E-state index >= 15 is 0 Å². The van der Waals surface area contributed by atoms with Crippen LogP contribution in [0.3, 0.4) is 0 Å². The average Bonchev–Trinajstić information content (AvgIpc) is 3.56. The van der Waals surface area contributed by atoms with E-state index in [4.69, 9.17) is 9.15 Å². The van der Waals surface area contributed by atoms with Crippen molar-refractivity contribution >= 4 is 34.4 Å². The van der Waals surface area contributed by atoms with Crippen LogP contribution in [-0.2, 0) is 9.59 Å². The number of hydrogen-bond acceptors (Lipinski definition) is 6. The molecule has 2 aromatic heterocycles. The van der Waals surface area contributed by atoms with Gasteiger partial charge in [0.15, 0.2) is 0 Å². The third-order valence-corrected chi connectivity index (χ3v) is 6.13. The number of furan rings is 1. The lowest BCUT2D eigenvalue weighted by molar-refractivity contribution is -0.132. The van der Waals surface area contributed by atoms with E-state index < -0.39 is 17.7 Å². The fourth-order valence-electron chi connectivity index (χ4n) is 4.36. The second kappa shape index (κ2) is 9.03. The number of rotatable bonds is 6. The van der Waals surface area contributed by atoms with Crippen molar-refractivity contribution in [2.45, 2.75) is 33.7 Å². The van der Waals surface area contributed by atoms with Crippen LogP contribution in [0.15, 0.2) is 64.8 Å². The number of aromatic nitrogens is 2. The molecule has 1 atom stereocenters. The number of ketones is 1. The van der Waals surface area contributed by atoms with Crippen molar-refractivity contribution in [1.29, 1.82) is 0 Å². The maximum absolute atomic E-state index is 13.3. The van der Waals surface area contributed by atoms with Gasteiger partial charge in [0.05, 0.1) is 29.5 Å². The number of fused-ring (bicyclic) bond motifs is 1. The summed E-state index contributed by atoms with van der Waals surface area (Å²) in [6.07, 6.45) is 1.46. The Labute approximate surface area is 208 Å². The molecule has 1 saturated heterocycles. The zero-order chi connectivity index (χ0) is 25.6. The van der Waals surface area contributed by atoms with Gasteiger partial charge in [0, 0.05) is 5.56 Å². The van der Waals surface area contributed by atoms with Gasteiger partial charge in [-0.3, -0.25) is 14.5 Å². The van der Waals surface area contributed by atoms with Crippen LogP contribution >= 0.6 is 0 Å². The molecule has 0 aliphatic carbocycles. The molecule has 1 aliphatic rings. The smallest absolute Gasteiger partial charge is 0.302 e. The number of aliphatic hydroxyl groups excluding tert-OH is 1. The fraction of sp³-hybridized carbons (Fsp3) is 0.250. The van der Waals surface area contributed by atoms with Gasteiger partial charge in [-0.05, 0) is 73.4 Å². The molecule has 0 bridgehead atoms. The summed E-state index contributed by atoms with van der Waals surface area (Å²) in [7, 11) is 0. The Morgan fingerprint density at radius 1 is 1.17 bits per heavy atom. The molecule has 1 fully saturated rings. The van der Waals surface area contributed by atoms with Crippen LogP contribution in [0.1, 0.15) is 42.3 Å². The van der Waals surface area contributed by atoms with Gasteiger partial charge in [-0.2, -0.15) is 0 Å². The lowest BCUT2D eigenvalue weighted by atomic mass is 9.98. The van der Waals surface area contributed by atoms with Crippen LogP contribution in [0.25, 0.3) is 16.8 Å². The zero-order valence-electron chi connectivity index (χ0n) is 20.5. The maximum atomic E-state index is 13.3. The van der Waals surface area contributed by atoms with Crippen molar-refractivity contribution in [3.8, 4) is 5.75 Å². The highest BCUT2D eigenvalue weighted by atomic mass is 16.5. The van der Waals surface area contributed by atoms with E-state index in [-0.39, 0.29) is 17.3 Å². The van der Waals surface area contributed by atoms with Gasteiger partial charge in [0.25, 0.3) is 5.78 Å². The van der Waals surface area contributed by atoms with Crippen LogP contribution in [0, 0.1) is 19.8 Å². The quantitative estimate of drug-likeness (QED) is 0.214. The van der Waals surface area contributed by atoms with Crippen LogP contribution in [0.5, 0.6) is 5.75 Å². The first kappa shape index (κ1) is 23.4. The maximum Gasteiger partial charge on any atom is 0.302 e. The number of nitrogens with zero attached hydrogens (tertiary/aromatic N) is 2. The number of carbonyl (C=O) groups excluding carboxylic acids is 2. The standard InChI is InChI=1S/C28H27N3O5/c1-15(2)14-36-21-10-8-18(13-17(21)4)25(32)23-24(22-6-5-11-35-22)31(27(34)26(23)33)28-29-19-9-7-16(3)12-20(19)30-28/h5-13,15,24,32H,14H2,1-4H3,(H,29,30)/b25-23+. The van der Waals surface area contributed by atoms with Crippen molar-refractivity contribution in [1.82, 2.24) is 9.97 Å². The Hall–Kier alpha value is -4.33. The van der Waals surface area contributed by atoms with Gasteiger partial charge >= 0.3 is 5.91 Å². The molecule has 36 heavy (non-hydrogen) atoms. The predicted octanol–water partition coefficient (Wildman–Crippen LogP) is 5.43. The van der Waals surface area contributed by atoms with Crippen LogP contribution in [-0.4, -0.2) is 33.4 Å². The lowest BCUT2D eigenvalue weighted by Crippen LogP contribution is -2.30. The molecule has 184 valence electrons. The Morgan fingerprint density at radius 2 is 1.97 bits per heavy atom. The molecule has 3 heterocycles. The van der Waals surface area contributed by atoms with Crippen LogP contribution in [0.2, 0.25) is 0 Å². The number of carbonyl (C=O) groups is 2. The molecule has 2 aromatic carbocycles. The first-order chi connectivity index (χ1) is 17.2. The van der Waals surface area contributed by atoms with E-state index in [1.165, 1.54) is 11.2 Å². The average molecular weight is 486 g/mol. The Kier molecular flexibility index (Phi) is 5.88.